The maximum absolute atomic E-state index is 12.8. The van der Waals surface area contributed by atoms with Crippen molar-refractivity contribution in [2.24, 2.45) is 0 Å². The minimum absolute atomic E-state index is 0.151. The molecule has 0 aliphatic carbocycles. The number of halogens is 4. The van der Waals surface area contributed by atoms with E-state index >= 15 is 0 Å². The van der Waals surface area contributed by atoms with Gasteiger partial charge in [0.1, 0.15) is 23.7 Å². The molecular formula is C18H16BrF3O5S. The normalized spacial score (nSPS) is 19.6. The number of hydrogen-bond donors (Lipinski definition) is 1. The zero-order chi connectivity index (χ0) is 20.7. The van der Waals surface area contributed by atoms with Crippen molar-refractivity contribution < 1.29 is 35.6 Å². The lowest BCUT2D eigenvalue weighted by atomic mass is 9.97. The minimum Gasteiger partial charge on any atom is -0.490 e. The summed E-state index contributed by atoms with van der Waals surface area (Å²) in [5, 5.41) is 0. The van der Waals surface area contributed by atoms with Gasteiger partial charge in [-0.05, 0) is 46.6 Å². The van der Waals surface area contributed by atoms with Crippen molar-refractivity contribution in [2.45, 2.75) is 43.0 Å². The van der Waals surface area contributed by atoms with E-state index in [1.54, 1.807) is 0 Å². The molecule has 1 aliphatic heterocycles. The van der Waals surface area contributed by atoms with Gasteiger partial charge >= 0.3 is 6.18 Å². The Balaban J connectivity index is 1.95. The van der Waals surface area contributed by atoms with Crippen LogP contribution in [-0.4, -0.2) is 19.1 Å². The second-order valence-corrected chi connectivity index (χ2v) is 8.58. The van der Waals surface area contributed by atoms with Crippen molar-refractivity contribution in [3.05, 3.63) is 52.0 Å². The van der Waals surface area contributed by atoms with E-state index in [1.807, 2.05) is 6.92 Å². The summed E-state index contributed by atoms with van der Waals surface area (Å²) in [6.07, 6.45) is -4.25. The number of rotatable bonds is 4. The first-order valence-electron chi connectivity index (χ1n) is 8.30. The van der Waals surface area contributed by atoms with E-state index in [0.717, 1.165) is 12.1 Å². The van der Waals surface area contributed by atoms with E-state index in [0.29, 0.717) is 18.4 Å². The molecule has 0 bridgehead atoms. The highest BCUT2D eigenvalue weighted by Gasteiger charge is 2.33. The number of fused-ring (bicyclic) bond motifs is 1. The monoisotopic (exact) mass is 480 g/mol. The quantitative estimate of drug-likeness (QED) is 0.593. The number of alkyl halides is 3. The van der Waals surface area contributed by atoms with Crippen LogP contribution in [0.25, 0.3) is 0 Å². The van der Waals surface area contributed by atoms with Gasteiger partial charge in [-0.25, -0.2) is 0 Å². The molecule has 1 N–H and O–H groups in total. The Morgan fingerprint density at radius 1 is 1.25 bits per heavy atom. The number of ether oxygens (including phenoxy) is 2. The summed E-state index contributed by atoms with van der Waals surface area (Å²) >= 11 is 3.11. The molecule has 0 aromatic heterocycles. The van der Waals surface area contributed by atoms with Crippen LogP contribution in [0.3, 0.4) is 0 Å². The van der Waals surface area contributed by atoms with Crippen molar-refractivity contribution >= 4 is 26.0 Å². The zero-order valence-corrected chi connectivity index (χ0v) is 16.9. The van der Waals surface area contributed by atoms with Crippen molar-refractivity contribution in [1.82, 2.24) is 0 Å². The van der Waals surface area contributed by atoms with Gasteiger partial charge in [0, 0.05) is 18.1 Å². The Kier molecular flexibility index (Phi) is 5.66. The average Bonchev–Trinajstić information content (AvgIpc) is 2.61. The van der Waals surface area contributed by atoms with Crippen molar-refractivity contribution in [3.63, 3.8) is 0 Å². The lowest BCUT2D eigenvalue weighted by Crippen LogP contribution is -2.28. The first kappa shape index (κ1) is 20.9. The highest BCUT2D eigenvalue weighted by Crippen LogP contribution is 2.42. The van der Waals surface area contributed by atoms with Crippen LogP contribution in [0, 0.1) is 0 Å². The van der Waals surface area contributed by atoms with E-state index < -0.39 is 28.0 Å². The second kappa shape index (κ2) is 7.57. The predicted octanol–water partition coefficient (Wildman–Crippen LogP) is 5.40. The van der Waals surface area contributed by atoms with Crippen LogP contribution >= 0.6 is 15.9 Å². The fourth-order valence-corrected chi connectivity index (χ4v) is 3.89. The van der Waals surface area contributed by atoms with Crippen LogP contribution in [0.1, 0.15) is 37.0 Å². The molecule has 2 atom stereocenters. The van der Waals surface area contributed by atoms with E-state index in [2.05, 4.69) is 15.9 Å². The number of hydrogen-bond acceptors (Lipinski definition) is 4. The molecule has 0 saturated carbocycles. The molecule has 0 radical (unpaired) electrons. The summed E-state index contributed by atoms with van der Waals surface area (Å²) in [7, 11) is -4.40. The van der Waals surface area contributed by atoms with Crippen molar-refractivity contribution in [3.8, 4) is 11.5 Å². The van der Waals surface area contributed by atoms with Gasteiger partial charge in [-0.1, -0.05) is 13.0 Å². The molecule has 3 rings (SSSR count). The van der Waals surface area contributed by atoms with Crippen LogP contribution in [0.15, 0.2) is 45.8 Å². The summed E-state index contributed by atoms with van der Waals surface area (Å²) in [6.45, 7) is 1.88. The third-order valence-electron chi connectivity index (χ3n) is 4.38. The Bertz CT molecular complexity index is 991. The molecule has 0 fully saturated rings. The standard InChI is InChI=1S/C18H16BrF3O5S/c1-2-11-8-16(13-5-4-12(28(23,24)25)9-17(13)26-11)27-15-6-3-10(7-14(15)19)18(20,21)22/h3-7,9,11,16H,2,8H2,1H3,(H,23,24,25). The molecule has 2 aromatic rings. The van der Waals surface area contributed by atoms with E-state index in [1.165, 1.54) is 24.3 Å². The lowest BCUT2D eigenvalue weighted by molar-refractivity contribution is -0.137. The van der Waals surface area contributed by atoms with Crippen LogP contribution in [-0.2, 0) is 16.3 Å². The molecule has 5 nitrogen and oxygen atoms in total. The minimum atomic E-state index is -4.47. The molecule has 1 aliphatic rings. The molecule has 2 unspecified atom stereocenters. The van der Waals surface area contributed by atoms with Crippen LogP contribution in [0.4, 0.5) is 13.2 Å². The SMILES string of the molecule is CCC1CC(Oc2ccc(C(F)(F)F)cc2Br)c2ccc(S(=O)(=O)O)cc2O1. The van der Waals surface area contributed by atoms with Gasteiger partial charge in [0.2, 0.25) is 0 Å². The van der Waals surface area contributed by atoms with Gasteiger partial charge in [0.15, 0.2) is 0 Å². The molecule has 152 valence electrons. The van der Waals surface area contributed by atoms with Gasteiger partial charge in [0.05, 0.1) is 14.9 Å². The Hall–Kier alpha value is -1.78. The Morgan fingerprint density at radius 2 is 1.96 bits per heavy atom. The van der Waals surface area contributed by atoms with Gasteiger partial charge < -0.3 is 9.47 Å². The van der Waals surface area contributed by atoms with E-state index in [4.69, 9.17) is 9.47 Å². The highest BCUT2D eigenvalue weighted by atomic mass is 79.9. The van der Waals surface area contributed by atoms with Gasteiger partial charge in [-0.15, -0.1) is 0 Å². The highest BCUT2D eigenvalue weighted by molar-refractivity contribution is 9.10. The largest absolute Gasteiger partial charge is 0.490 e. The van der Waals surface area contributed by atoms with Crippen LogP contribution in [0.2, 0.25) is 0 Å². The van der Waals surface area contributed by atoms with Gasteiger partial charge in [0.25, 0.3) is 10.1 Å². The van der Waals surface area contributed by atoms with Crippen molar-refractivity contribution in [2.75, 3.05) is 0 Å². The molecule has 1 heterocycles. The molecule has 0 amide bonds. The molecule has 10 heteroatoms. The smallest absolute Gasteiger partial charge is 0.416 e. The third-order valence-corrected chi connectivity index (χ3v) is 5.85. The summed E-state index contributed by atoms with van der Waals surface area (Å²) in [6, 6.07) is 7.00. The molecule has 2 aromatic carbocycles. The predicted molar refractivity (Wildman–Crippen MR) is 98.1 cm³/mol. The summed E-state index contributed by atoms with van der Waals surface area (Å²) in [5.74, 6) is 0.473. The van der Waals surface area contributed by atoms with Crippen molar-refractivity contribution in [1.29, 1.82) is 0 Å². The molecule has 28 heavy (non-hydrogen) atoms. The van der Waals surface area contributed by atoms with E-state index in [-0.39, 0.29) is 27.0 Å². The zero-order valence-electron chi connectivity index (χ0n) is 14.5. The summed E-state index contributed by atoms with van der Waals surface area (Å²) < 4.78 is 82.3. The van der Waals surface area contributed by atoms with Crippen LogP contribution in [0.5, 0.6) is 11.5 Å². The summed E-state index contributed by atoms with van der Waals surface area (Å²) in [5.41, 5.74) is -0.257. The fraction of sp³-hybridized carbons (Fsp3) is 0.333. The van der Waals surface area contributed by atoms with Crippen LogP contribution < -0.4 is 9.47 Å². The topological polar surface area (TPSA) is 72.8 Å². The summed E-state index contributed by atoms with van der Waals surface area (Å²) in [4.78, 5) is -0.308. The maximum atomic E-state index is 12.8. The average molecular weight is 481 g/mol. The second-order valence-electron chi connectivity index (χ2n) is 6.31. The molecule has 0 spiro atoms. The van der Waals surface area contributed by atoms with Gasteiger partial charge in [-0.3, -0.25) is 4.55 Å². The Labute approximate surface area is 168 Å². The lowest BCUT2D eigenvalue weighted by Gasteiger charge is -2.32. The Morgan fingerprint density at radius 3 is 2.54 bits per heavy atom. The molecular weight excluding hydrogens is 465 g/mol. The van der Waals surface area contributed by atoms with Gasteiger partial charge in [-0.2, -0.15) is 21.6 Å². The number of benzene rings is 2. The third kappa shape index (κ3) is 4.44. The molecule has 0 saturated heterocycles. The van der Waals surface area contributed by atoms with E-state index in [9.17, 15) is 26.1 Å². The first-order chi connectivity index (χ1) is 13.0. The fourth-order valence-electron chi connectivity index (χ4n) is 2.92. The first-order valence-corrected chi connectivity index (χ1v) is 10.5. The maximum Gasteiger partial charge on any atom is 0.416 e.